The SMILES string of the molecule is CCN1C(=CC2=C(O)C(=CC3=[N+](CCCC(=O)ON4C(=O)CCC4=O)c4ccc(S(=O)(=O)O)cc4C3(C)CCOCCOC)C2=O)C(C)(CCCS(=O)(=O)O)c2cc(S(=O)(=O)O)ccc21. The summed E-state index contributed by atoms with van der Waals surface area (Å²) in [6.45, 7) is 6.08. The molecule has 20 nitrogen and oxygen atoms in total. The van der Waals surface area contributed by atoms with Crippen LogP contribution in [0.5, 0.6) is 0 Å². The zero-order valence-corrected chi connectivity index (χ0v) is 38.4. The number of hydrogen-bond donors (Lipinski definition) is 4. The summed E-state index contributed by atoms with van der Waals surface area (Å²) in [6, 6.07) is 7.85. The largest absolute Gasteiger partial charge is 0.506 e. The third-order valence-corrected chi connectivity index (χ3v) is 14.6. The van der Waals surface area contributed by atoms with E-state index in [4.69, 9.17) is 14.3 Å². The number of aliphatic hydroxyl groups excluding tert-OH is 1. The van der Waals surface area contributed by atoms with Gasteiger partial charge >= 0.3 is 5.97 Å². The van der Waals surface area contributed by atoms with E-state index in [-0.39, 0.29) is 89.0 Å². The molecule has 2 amide bonds. The van der Waals surface area contributed by atoms with Gasteiger partial charge in [0.1, 0.15) is 12.3 Å². The normalized spacial score (nSPS) is 22.4. The number of ketones is 1. The third kappa shape index (κ3) is 10.0. The van der Waals surface area contributed by atoms with E-state index < -0.39 is 86.1 Å². The number of rotatable bonds is 20. The molecule has 2 unspecified atom stereocenters. The first kappa shape index (κ1) is 49.3. The molecule has 3 aliphatic heterocycles. The molecule has 0 saturated carbocycles. The molecule has 2 aromatic rings. The van der Waals surface area contributed by atoms with E-state index in [0.717, 1.165) is 0 Å². The van der Waals surface area contributed by atoms with Gasteiger partial charge in [0.2, 0.25) is 11.5 Å². The maximum absolute atomic E-state index is 14.3. The number of Topliss-reactive ketones (excluding diaryl/α,β-unsaturated/α-hetero) is 1. The van der Waals surface area contributed by atoms with Gasteiger partial charge in [0.15, 0.2) is 5.71 Å². The van der Waals surface area contributed by atoms with Gasteiger partial charge in [-0.2, -0.15) is 29.8 Å². The van der Waals surface area contributed by atoms with E-state index in [0.29, 0.717) is 39.0 Å². The minimum absolute atomic E-state index is 0.0155. The molecule has 6 rings (SSSR count). The summed E-state index contributed by atoms with van der Waals surface area (Å²) in [5, 5.41) is 12.2. The number of fused-ring (bicyclic) bond motifs is 2. The Morgan fingerprint density at radius 2 is 1.46 bits per heavy atom. The van der Waals surface area contributed by atoms with Crippen LogP contribution in [0.1, 0.15) is 76.8 Å². The fraction of sp³-hybridized carbons (Fsp3) is 0.452. The van der Waals surface area contributed by atoms with Crippen molar-refractivity contribution in [2.24, 2.45) is 0 Å². The molecular formula is C42H50N3O17S3+. The molecule has 23 heteroatoms. The minimum Gasteiger partial charge on any atom is -0.506 e. The summed E-state index contributed by atoms with van der Waals surface area (Å²) in [5.41, 5.74) is -0.242. The van der Waals surface area contributed by atoms with Crippen LogP contribution in [-0.2, 0) is 74.7 Å². The highest BCUT2D eigenvalue weighted by Gasteiger charge is 2.51. The van der Waals surface area contributed by atoms with Gasteiger partial charge in [-0.15, -0.1) is 5.06 Å². The van der Waals surface area contributed by atoms with Crippen molar-refractivity contribution in [2.45, 2.75) is 86.3 Å². The molecule has 1 fully saturated rings. The summed E-state index contributed by atoms with van der Waals surface area (Å²) < 4.78 is 115. The second-order valence-corrected chi connectivity index (χ2v) is 20.7. The van der Waals surface area contributed by atoms with Crippen molar-refractivity contribution < 1.29 is 82.1 Å². The zero-order chi connectivity index (χ0) is 47.9. The molecule has 0 radical (unpaired) electrons. The highest BCUT2D eigenvalue weighted by atomic mass is 32.2. The van der Waals surface area contributed by atoms with Crippen LogP contribution in [0.4, 0.5) is 11.4 Å². The highest BCUT2D eigenvalue weighted by molar-refractivity contribution is 7.86. The first-order valence-corrected chi connectivity index (χ1v) is 25.0. The van der Waals surface area contributed by atoms with Gasteiger partial charge in [0.25, 0.3) is 42.2 Å². The number of anilines is 1. The van der Waals surface area contributed by atoms with E-state index in [2.05, 4.69) is 0 Å². The van der Waals surface area contributed by atoms with Gasteiger partial charge in [0, 0.05) is 74.0 Å². The van der Waals surface area contributed by atoms with Crippen molar-refractivity contribution in [1.29, 1.82) is 0 Å². The number of ether oxygens (including phenoxy) is 2. The van der Waals surface area contributed by atoms with Crippen LogP contribution >= 0.6 is 0 Å². The second-order valence-electron chi connectivity index (χ2n) is 16.3. The van der Waals surface area contributed by atoms with E-state index >= 15 is 0 Å². The third-order valence-electron chi connectivity index (χ3n) is 12.1. The Bertz CT molecular complexity index is 2800. The average Bonchev–Trinajstić information content (AvgIpc) is 3.76. The number of hydrogen-bond acceptors (Lipinski definition) is 15. The highest BCUT2D eigenvalue weighted by Crippen LogP contribution is 2.52. The quantitative estimate of drug-likeness (QED) is 0.0484. The standard InChI is InChI=1S/C42H49N3O17S3/c1-5-43-32-11-9-26(64(54,55)56)22-30(32)41(2,15-7-21-63(51,52)53)34(43)24-28-39(49)29(40(28)50)25-35-42(3,16-18-61-20-19-60-4)31-23-27(65(57,58)59)10-12-33(31)44(35)17-6-8-38(48)62-45-36(46)13-14-37(45)47/h9-12,22-25H,5-8,13-21H2,1-4H3,(H3-,49,50,51,52,53,54,55,56,57,58,59)/p+1. The van der Waals surface area contributed by atoms with Gasteiger partial charge < -0.3 is 24.3 Å². The number of benzene rings is 2. The van der Waals surface area contributed by atoms with Gasteiger partial charge in [-0.1, -0.05) is 0 Å². The van der Waals surface area contributed by atoms with Crippen LogP contribution in [0, 0.1) is 0 Å². The lowest BCUT2D eigenvalue weighted by Crippen LogP contribution is -2.35. The Morgan fingerprint density at radius 3 is 2.05 bits per heavy atom. The van der Waals surface area contributed by atoms with Crippen molar-refractivity contribution in [3.8, 4) is 0 Å². The first-order chi connectivity index (χ1) is 30.4. The second kappa shape index (κ2) is 18.6. The van der Waals surface area contributed by atoms with Crippen LogP contribution in [0.15, 0.2) is 80.9 Å². The van der Waals surface area contributed by atoms with Crippen LogP contribution < -0.4 is 4.90 Å². The van der Waals surface area contributed by atoms with E-state index in [1.807, 2.05) is 0 Å². The minimum atomic E-state index is -4.71. The Labute approximate surface area is 376 Å². The molecule has 2 atom stereocenters. The Kier molecular flexibility index (Phi) is 14.1. The molecule has 352 valence electrons. The number of carbonyl (C=O) groups is 4. The van der Waals surface area contributed by atoms with Crippen LogP contribution in [0.25, 0.3) is 0 Å². The van der Waals surface area contributed by atoms with Gasteiger partial charge in [-0.05, 0) is 82.0 Å². The molecular weight excluding hydrogens is 915 g/mol. The number of likely N-dealkylation sites (N-methyl/N-ethyl adjacent to an activating group) is 1. The van der Waals surface area contributed by atoms with Crippen molar-refractivity contribution >= 4 is 71.0 Å². The molecule has 65 heavy (non-hydrogen) atoms. The van der Waals surface area contributed by atoms with Crippen LogP contribution in [0.2, 0.25) is 0 Å². The predicted octanol–water partition coefficient (Wildman–Crippen LogP) is 3.65. The monoisotopic (exact) mass is 964 g/mol. The fourth-order valence-corrected chi connectivity index (χ4v) is 10.2. The van der Waals surface area contributed by atoms with E-state index in [1.165, 1.54) is 55.7 Å². The van der Waals surface area contributed by atoms with E-state index in [1.54, 1.807) is 30.2 Å². The van der Waals surface area contributed by atoms with Crippen molar-refractivity contribution in [3.05, 3.63) is 82.3 Å². The number of aliphatic hydroxyl groups is 1. The van der Waals surface area contributed by atoms with Gasteiger partial charge in [-0.3, -0.25) is 28.0 Å². The Morgan fingerprint density at radius 1 is 0.831 bits per heavy atom. The van der Waals surface area contributed by atoms with Gasteiger partial charge in [-0.25, -0.2) is 4.79 Å². The lowest BCUT2D eigenvalue weighted by atomic mass is 9.74. The molecule has 0 spiro atoms. The smallest absolute Gasteiger partial charge is 0.333 e. The Balaban J connectivity index is 1.45. The molecule has 0 aromatic heterocycles. The molecule has 4 N–H and O–H groups in total. The first-order valence-electron chi connectivity index (χ1n) is 20.5. The van der Waals surface area contributed by atoms with Crippen LogP contribution in [-0.4, -0.2) is 129 Å². The average molecular weight is 965 g/mol. The summed E-state index contributed by atoms with van der Waals surface area (Å²) in [5.74, 6) is -3.89. The lowest BCUT2D eigenvalue weighted by Gasteiger charge is -2.31. The number of carbonyl (C=O) groups excluding carboxylic acids is 4. The number of hydroxylamine groups is 2. The summed E-state index contributed by atoms with van der Waals surface area (Å²) >= 11 is 0. The Hall–Kier alpha value is -5.14. The lowest BCUT2D eigenvalue weighted by molar-refractivity contribution is -0.438. The maximum atomic E-state index is 14.3. The molecule has 1 aliphatic carbocycles. The van der Waals surface area contributed by atoms with Crippen molar-refractivity contribution in [2.75, 3.05) is 50.7 Å². The summed E-state index contributed by atoms with van der Waals surface area (Å²) in [7, 11) is -12.3. The zero-order valence-electron chi connectivity index (χ0n) is 36.0. The number of amides is 2. The molecule has 4 aliphatic rings. The summed E-state index contributed by atoms with van der Waals surface area (Å²) in [6.07, 6.45) is 2.53. The molecule has 0 bridgehead atoms. The number of allylic oxidation sites excluding steroid dienone is 5. The number of nitrogens with zero attached hydrogens (tertiary/aromatic N) is 3. The van der Waals surface area contributed by atoms with Crippen molar-refractivity contribution in [3.63, 3.8) is 0 Å². The molecule has 3 heterocycles. The molecule has 1 saturated heterocycles. The predicted molar refractivity (Wildman–Crippen MR) is 230 cm³/mol. The fourth-order valence-electron chi connectivity index (χ4n) is 8.72. The van der Waals surface area contributed by atoms with Gasteiger partial charge in [0.05, 0.1) is 51.7 Å². The summed E-state index contributed by atoms with van der Waals surface area (Å²) in [4.78, 5) is 57.2. The molecule has 2 aromatic carbocycles. The topological polar surface area (TPSA) is 289 Å². The number of imide groups is 1. The van der Waals surface area contributed by atoms with Crippen molar-refractivity contribution in [1.82, 2.24) is 5.06 Å². The maximum Gasteiger partial charge on any atom is 0.333 e. The van der Waals surface area contributed by atoms with Crippen LogP contribution in [0.3, 0.4) is 0 Å². The number of methoxy groups -OCH3 is 1. The van der Waals surface area contributed by atoms with E-state index in [9.17, 15) is 63.2 Å².